The van der Waals surface area contributed by atoms with Crippen molar-refractivity contribution in [2.45, 2.75) is 46.6 Å². The van der Waals surface area contributed by atoms with Gasteiger partial charge in [-0.3, -0.25) is 4.68 Å². The van der Waals surface area contributed by atoms with E-state index in [1.807, 2.05) is 17.9 Å². The Bertz CT molecular complexity index is 378. The van der Waals surface area contributed by atoms with E-state index in [0.717, 1.165) is 32.0 Å². The van der Waals surface area contributed by atoms with Crippen LogP contribution in [-0.2, 0) is 13.6 Å². The van der Waals surface area contributed by atoms with Crippen LogP contribution in [0.3, 0.4) is 0 Å². The molecule has 1 heterocycles. The number of nitrogens with zero attached hydrogens (tertiary/aromatic N) is 3. The topological polar surface area (TPSA) is 47.1 Å². The molecule has 0 aliphatic heterocycles. The van der Waals surface area contributed by atoms with Gasteiger partial charge >= 0.3 is 0 Å². The highest BCUT2D eigenvalue weighted by molar-refractivity contribution is 5.02. The van der Waals surface area contributed by atoms with E-state index in [0.29, 0.717) is 5.41 Å². The molecule has 0 saturated carbocycles. The number of hydrogen-bond acceptors (Lipinski definition) is 3. The molecule has 2 N–H and O–H groups in total. The number of aromatic nitrogens is 2. The first kappa shape index (κ1) is 17.2. The largest absolute Gasteiger partial charge is 0.330 e. The van der Waals surface area contributed by atoms with E-state index in [1.165, 1.54) is 18.4 Å². The van der Waals surface area contributed by atoms with Crippen molar-refractivity contribution in [2.75, 3.05) is 20.1 Å². The molecule has 0 spiro atoms. The van der Waals surface area contributed by atoms with Crippen LogP contribution in [-0.4, -0.2) is 34.8 Å². The van der Waals surface area contributed by atoms with Gasteiger partial charge in [-0.1, -0.05) is 20.8 Å². The Morgan fingerprint density at radius 2 is 2.05 bits per heavy atom. The quantitative estimate of drug-likeness (QED) is 0.796. The van der Waals surface area contributed by atoms with E-state index in [9.17, 15) is 0 Å². The van der Waals surface area contributed by atoms with E-state index in [1.54, 1.807) is 0 Å². The second kappa shape index (κ2) is 7.79. The number of aryl methyl sites for hydroxylation is 1. The van der Waals surface area contributed by atoms with E-state index in [4.69, 9.17) is 5.73 Å². The monoisotopic (exact) mass is 280 g/mol. The van der Waals surface area contributed by atoms with Gasteiger partial charge in [0.25, 0.3) is 0 Å². The fraction of sp³-hybridized carbons (Fsp3) is 0.812. The first-order chi connectivity index (χ1) is 9.32. The van der Waals surface area contributed by atoms with Gasteiger partial charge < -0.3 is 10.6 Å². The number of hydrogen-bond donors (Lipinski definition) is 1. The number of rotatable bonds is 8. The maximum Gasteiger partial charge on any atom is 0.0534 e. The van der Waals surface area contributed by atoms with Crippen molar-refractivity contribution in [3.63, 3.8) is 0 Å². The van der Waals surface area contributed by atoms with Crippen molar-refractivity contribution in [1.29, 1.82) is 0 Å². The van der Waals surface area contributed by atoms with Crippen molar-refractivity contribution in [3.05, 3.63) is 18.0 Å². The highest BCUT2D eigenvalue weighted by Crippen LogP contribution is 2.32. The van der Waals surface area contributed by atoms with Gasteiger partial charge in [0.2, 0.25) is 0 Å². The molecule has 4 heteroatoms. The normalized spacial score (nSPS) is 13.9. The molecular weight excluding hydrogens is 248 g/mol. The Balaban J connectivity index is 2.31. The third kappa shape index (κ3) is 6.06. The summed E-state index contributed by atoms with van der Waals surface area (Å²) in [5.74, 6) is 0.722. The minimum Gasteiger partial charge on any atom is -0.330 e. The second-order valence-electron chi connectivity index (χ2n) is 7.04. The molecule has 1 aromatic rings. The summed E-state index contributed by atoms with van der Waals surface area (Å²) in [4.78, 5) is 2.37. The Morgan fingerprint density at radius 1 is 1.35 bits per heavy atom. The molecule has 0 saturated heterocycles. The smallest absolute Gasteiger partial charge is 0.0534 e. The van der Waals surface area contributed by atoms with E-state index >= 15 is 0 Å². The van der Waals surface area contributed by atoms with Crippen LogP contribution in [0.25, 0.3) is 0 Å². The van der Waals surface area contributed by atoms with Gasteiger partial charge in [0.15, 0.2) is 0 Å². The lowest BCUT2D eigenvalue weighted by atomic mass is 9.76. The van der Waals surface area contributed by atoms with Crippen molar-refractivity contribution >= 4 is 0 Å². The zero-order valence-corrected chi connectivity index (χ0v) is 13.9. The predicted octanol–water partition coefficient (Wildman–Crippen LogP) is 2.64. The van der Waals surface area contributed by atoms with Gasteiger partial charge in [-0.2, -0.15) is 5.10 Å². The molecule has 0 radical (unpaired) electrons. The van der Waals surface area contributed by atoms with Gasteiger partial charge in [0, 0.05) is 25.4 Å². The lowest BCUT2D eigenvalue weighted by Crippen LogP contribution is -2.25. The SMILES string of the molecule is CN(CCCC(CCN)C(C)(C)C)Cc1cnn(C)c1. The molecule has 116 valence electrons. The van der Waals surface area contributed by atoms with Crippen molar-refractivity contribution in [2.24, 2.45) is 24.1 Å². The zero-order valence-electron chi connectivity index (χ0n) is 13.9. The highest BCUT2D eigenvalue weighted by Gasteiger charge is 2.23. The summed E-state index contributed by atoms with van der Waals surface area (Å²) in [5.41, 5.74) is 7.39. The highest BCUT2D eigenvalue weighted by atomic mass is 15.2. The van der Waals surface area contributed by atoms with E-state index in [-0.39, 0.29) is 0 Å². The lowest BCUT2D eigenvalue weighted by molar-refractivity contribution is 0.199. The first-order valence-corrected chi connectivity index (χ1v) is 7.69. The molecular formula is C16H32N4. The third-order valence-electron chi connectivity index (χ3n) is 4.04. The number of nitrogens with two attached hydrogens (primary N) is 1. The molecule has 1 aromatic heterocycles. The second-order valence-corrected chi connectivity index (χ2v) is 7.04. The van der Waals surface area contributed by atoms with Crippen LogP contribution in [0.15, 0.2) is 12.4 Å². The summed E-state index contributed by atoms with van der Waals surface area (Å²) >= 11 is 0. The van der Waals surface area contributed by atoms with Crippen molar-refractivity contribution < 1.29 is 0 Å². The Kier molecular flexibility index (Phi) is 6.69. The van der Waals surface area contributed by atoms with E-state index in [2.05, 4.69) is 44.0 Å². The zero-order chi connectivity index (χ0) is 15.2. The summed E-state index contributed by atoms with van der Waals surface area (Å²) in [5, 5.41) is 4.21. The lowest BCUT2D eigenvalue weighted by Gasteiger charge is -2.31. The summed E-state index contributed by atoms with van der Waals surface area (Å²) < 4.78 is 1.86. The summed E-state index contributed by atoms with van der Waals surface area (Å²) in [6.45, 7) is 9.89. The summed E-state index contributed by atoms with van der Waals surface area (Å²) in [6, 6.07) is 0. The molecule has 1 unspecified atom stereocenters. The minimum atomic E-state index is 0.362. The summed E-state index contributed by atoms with van der Waals surface area (Å²) in [6.07, 6.45) is 7.67. The standard InChI is InChI=1S/C16H32N4/c1-16(2,3)15(8-9-17)7-6-10-19(4)12-14-11-18-20(5)13-14/h11,13,15H,6-10,12,17H2,1-5H3. The van der Waals surface area contributed by atoms with Crippen LogP contribution in [0.5, 0.6) is 0 Å². The Hall–Kier alpha value is -0.870. The van der Waals surface area contributed by atoms with Gasteiger partial charge in [-0.25, -0.2) is 0 Å². The molecule has 0 amide bonds. The van der Waals surface area contributed by atoms with Crippen LogP contribution in [0.2, 0.25) is 0 Å². The molecule has 0 bridgehead atoms. The molecule has 0 aliphatic carbocycles. The molecule has 0 aliphatic rings. The summed E-state index contributed by atoms with van der Waals surface area (Å²) in [7, 11) is 4.15. The van der Waals surface area contributed by atoms with E-state index < -0.39 is 0 Å². The van der Waals surface area contributed by atoms with Crippen LogP contribution >= 0.6 is 0 Å². The van der Waals surface area contributed by atoms with Crippen LogP contribution in [0.1, 0.15) is 45.6 Å². The third-order valence-corrected chi connectivity index (χ3v) is 4.04. The average molecular weight is 280 g/mol. The average Bonchev–Trinajstić information content (AvgIpc) is 2.72. The van der Waals surface area contributed by atoms with Crippen LogP contribution < -0.4 is 5.73 Å². The molecule has 1 atom stereocenters. The van der Waals surface area contributed by atoms with Crippen LogP contribution in [0, 0.1) is 11.3 Å². The predicted molar refractivity (Wildman–Crippen MR) is 85.4 cm³/mol. The molecule has 0 aromatic carbocycles. The van der Waals surface area contributed by atoms with Gasteiger partial charge in [-0.15, -0.1) is 0 Å². The Labute approximate surface area is 124 Å². The first-order valence-electron chi connectivity index (χ1n) is 7.69. The maximum absolute atomic E-state index is 5.74. The van der Waals surface area contributed by atoms with Crippen molar-refractivity contribution in [3.8, 4) is 0 Å². The fourth-order valence-corrected chi connectivity index (χ4v) is 2.76. The maximum atomic E-state index is 5.74. The fourth-order valence-electron chi connectivity index (χ4n) is 2.76. The van der Waals surface area contributed by atoms with Gasteiger partial charge in [-0.05, 0) is 50.7 Å². The molecule has 20 heavy (non-hydrogen) atoms. The Morgan fingerprint density at radius 3 is 2.55 bits per heavy atom. The molecule has 0 fully saturated rings. The van der Waals surface area contributed by atoms with Gasteiger partial charge in [0.05, 0.1) is 6.20 Å². The minimum absolute atomic E-state index is 0.362. The van der Waals surface area contributed by atoms with Crippen molar-refractivity contribution in [1.82, 2.24) is 14.7 Å². The van der Waals surface area contributed by atoms with Gasteiger partial charge in [0.1, 0.15) is 0 Å². The molecule has 4 nitrogen and oxygen atoms in total. The molecule has 1 rings (SSSR count). The van der Waals surface area contributed by atoms with Crippen LogP contribution in [0.4, 0.5) is 0 Å².